The highest BCUT2D eigenvalue weighted by Crippen LogP contribution is 2.30. The van der Waals surface area contributed by atoms with E-state index in [2.05, 4.69) is 100 Å². The molecule has 130 valence electrons. The molecule has 0 saturated carbocycles. The standard InChI is InChI=1S/C24H24NO/c1-25(2,3)20-12-14-21(15-13-20)26-17-24-22-10-6-4-8-18(22)16-19-9-5-7-11-23(19)24/h4-16H,17H2,1-3H3/q+1. The van der Waals surface area contributed by atoms with E-state index in [4.69, 9.17) is 4.74 Å². The molecule has 4 aromatic carbocycles. The molecular formula is C24H24NO+. The highest BCUT2D eigenvalue weighted by molar-refractivity contribution is 6.02. The Labute approximate surface area is 154 Å². The third kappa shape index (κ3) is 3.16. The summed E-state index contributed by atoms with van der Waals surface area (Å²) in [6.07, 6.45) is 0. The predicted molar refractivity (Wildman–Crippen MR) is 112 cm³/mol. The Hall–Kier alpha value is -2.84. The molecule has 0 N–H and O–H groups in total. The van der Waals surface area contributed by atoms with Gasteiger partial charge in [-0.15, -0.1) is 0 Å². The van der Waals surface area contributed by atoms with Crippen molar-refractivity contribution in [3.8, 4) is 5.75 Å². The fourth-order valence-corrected chi connectivity index (χ4v) is 3.41. The lowest BCUT2D eigenvalue weighted by atomic mass is 9.97. The van der Waals surface area contributed by atoms with Gasteiger partial charge >= 0.3 is 0 Å². The molecule has 2 heteroatoms. The molecule has 0 spiro atoms. The molecule has 0 aliphatic heterocycles. The zero-order valence-corrected chi connectivity index (χ0v) is 15.6. The maximum Gasteiger partial charge on any atom is 0.132 e. The van der Waals surface area contributed by atoms with Gasteiger partial charge in [-0.05, 0) is 39.7 Å². The summed E-state index contributed by atoms with van der Waals surface area (Å²) in [6, 6.07) is 27.7. The average Bonchev–Trinajstić information content (AvgIpc) is 2.65. The Morgan fingerprint density at radius 1 is 0.692 bits per heavy atom. The number of nitrogens with zero attached hydrogens (tertiary/aromatic N) is 1. The second-order valence-electron chi connectivity index (χ2n) is 7.59. The fraction of sp³-hybridized carbons (Fsp3) is 0.167. The fourth-order valence-electron chi connectivity index (χ4n) is 3.41. The van der Waals surface area contributed by atoms with Crippen LogP contribution in [-0.2, 0) is 6.61 Å². The first-order valence-corrected chi connectivity index (χ1v) is 8.97. The lowest BCUT2D eigenvalue weighted by Gasteiger charge is -2.23. The van der Waals surface area contributed by atoms with E-state index in [0.29, 0.717) is 6.61 Å². The van der Waals surface area contributed by atoms with Crippen molar-refractivity contribution in [2.45, 2.75) is 6.61 Å². The second kappa shape index (κ2) is 6.47. The molecule has 0 bridgehead atoms. The quantitative estimate of drug-likeness (QED) is 0.338. The van der Waals surface area contributed by atoms with Crippen molar-refractivity contribution in [2.24, 2.45) is 0 Å². The van der Waals surface area contributed by atoms with E-state index in [0.717, 1.165) is 10.2 Å². The summed E-state index contributed by atoms with van der Waals surface area (Å²) in [5, 5.41) is 5.03. The number of fused-ring (bicyclic) bond motifs is 2. The Morgan fingerprint density at radius 2 is 1.23 bits per heavy atom. The van der Waals surface area contributed by atoms with Crippen LogP contribution in [0.25, 0.3) is 21.5 Å². The number of benzene rings is 4. The molecule has 2 nitrogen and oxygen atoms in total. The number of quaternary nitrogens is 1. The van der Waals surface area contributed by atoms with Gasteiger partial charge in [0.1, 0.15) is 18.0 Å². The number of hydrogen-bond acceptors (Lipinski definition) is 1. The summed E-state index contributed by atoms with van der Waals surface area (Å²) in [7, 11) is 6.49. The van der Waals surface area contributed by atoms with Crippen LogP contribution in [-0.4, -0.2) is 21.1 Å². The van der Waals surface area contributed by atoms with Crippen LogP contribution < -0.4 is 9.22 Å². The monoisotopic (exact) mass is 342 g/mol. The van der Waals surface area contributed by atoms with E-state index in [1.54, 1.807) is 0 Å². The largest absolute Gasteiger partial charge is 0.489 e. The third-order valence-corrected chi connectivity index (χ3v) is 4.88. The van der Waals surface area contributed by atoms with Crippen LogP contribution in [0.2, 0.25) is 0 Å². The lowest BCUT2D eigenvalue weighted by molar-refractivity contribution is 0.309. The molecule has 0 aliphatic rings. The van der Waals surface area contributed by atoms with Crippen molar-refractivity contribution in [1.82, 2.24) is 4.48 Å². The molecule has 0 radical (unpaired) electrons. The molecule has 0 atom stereocenters. The van der Waals surface area contributed by atoms with Crippen molar-refractivity contribution in [3.05, 3.63) is 84.4 Å². The highest BCUT2D eigenvalue weighted by atomic mass is 16.5. The zero-order valence-electron chi connectivity index (χ0n) is 15.6. The normalized spacial score (nSPS) is 11.8. The van der Waals surface area contributed by atoms with Gasteiger partial charge in [-0.2, -0.15) is 0 Å². The molecule has 4 rings (SSSR count). The van der Waals surface area contributed by atoms with Crippen LogP contribution in [0.5, 0.6) is 5.75 Å². The van der Waals surface area contributed by atoms with E-state index >= 15 is 0 Å². The van der Waals surface area contributed by atoms with Gasteiger partial charge in [0.05, 0.1) is 21.1 Å². The molecule has 0 saturated heterocycles. The van der Waals surface area contributed by atoms with Crippen LogP contribution in [0, 0.1) is 0 Å². The molecule has 0 heterocycles. The van der Waals surface area contributed by atoms with Crippen LogP contribution in [0.4, 0.5) is 5.69 Å². The van der Waals surface area contributed by atoms with E-state index in [-0.39, 0.29) is 0 Å². The topological polar surface area (TPSA) is 9.23 Å². The van der Waals surface area contributed by atoms with Gasteiger partial charge in [0.25, 0.3) is 0 Å². The highest BCUT2D eigenvalue weighted by Gasteiger charge is 2.12. The molecule has 0 amide bonds. The first-order chi connectivity index (χ1) is 12.5. The summed E-state index contributed by atoms with van der Waals surface area (Å²) >= 11 is 0. The van der Waals surface area contributed by atoms with Crippen LogP contribution in [0.1, 0.15) is 5.56 Å². The Bertz CT molecular complexity index is 1000. The maximum absolute atomic E-state index is 6.17. The summed E-state index contributed by atoms with van der Waals surface area (Å²) < 4.78 is 6.97. The molecule has 0 aromatic heterocycles. The Kier molecular flexibility index (Phi) is 4.14. The number of ether oxygens (including phenoxy) is 1. The van der Waals surface area contributed by atoms with Crippen LogP contribution in [0.15, 0.2) is 78.9 Å². The first kappa shape index (κ1) is 16.6. The molecule has 0 fully saturated rings. The van der Waals surface area contributed by atoms with Crippen LogP contribution in [0.3, 0.4) is 0 Å². The van der Waals surface area contributed by atoms with Gasteiger partial charge < -0.3 is 4.74 Å². The van der Waals surface area contributed by atoms with Gasteiger partial charge in [-0.3, -0.25) is 4.48 Å². The lowest BCUT2D eigenvalue weighted by Crippen LogP contribution is -2.34. The number of hydrogen-bond donors (Lipinski definition) is 0. The molecule has 0 unspecified atom stereocenters. The molecule has 4 aromatic rings. The summed E-state index contributed by atoms with van der Waals surface area (Å²) in [6.45, 7) is 0.561. The van der Waals surface area contributed by atoms with Gasteiger partial charge in [-0.1, -0.05) is 48.5 Å². The van der Waals surface area contributed by atoms with Crippen molar-refractivity contribution in [3.63, 3.8) is 0 Å². The van der Waals surface area contributed by atoms with Gasteiger partial charge in [0, 0.05) is 17.7 Å². The van der Waals surface area contributed by atoms with Gasteiger partial charge in [0.2, 0.25) is 0 Å². The minimum Gasteiger partial charge on any atom is -0.489 e. The summed E-state index contributed by atoms with van der Waals surface area (Å²) in [4.78, 5) is 0. The minimum absolute atomic E-state index is 0.561. The van der Waals surface area contributed by atoms with E-state index in [1.165, 1.54) is 32.8 Å². The van der Waals surface area contributed by atoms with Crippen molar-refractivity contribution < 1.29 is 4.74 Å². The van der Waals surface area contributed by atoms with E-state index in [1.807, 2.05) is 0 Å². The zero-order chi connectivity index (χ0) is 18.1. The number of rotatable bonds is 4. The van der Waals surface area contributed by atoms with Crippen LogP contribution >= 0.6 is 0 Å². The molecule has 0 aliphatic carbocycles. The predicted octanol–water partition coefficient (Wildman–Crippen LogP) is 5.77. The van der Waals surface area contributed by atoms with Crippen molar-refractivity contribution >= 4 is 27.2 Å². The van der Waals surface area contributed by atoms with E-state index in [9.17, 15) is 0 Å². The smallest absolute Gasteiger partial charge is 0.132 e. The summed E-state index contributed by atoms with van der Waals surface area (Å²) in [5.74, 6) is 0.902. The van der Waals surface area contributed by atoms with Gasteiger partial charge in [-0.25, -0.2) is 0 Å². The Morgan fingerprint density at radius 3 is 1.77 bits per heavy atom. The SMILES string of the molecule is C[N+](C)(C)c1ccc(OCc2c3ccccc3cc3ccccc23)cc1. The minimum atomic E-state index is 0.561. The first-order valence-electron chi connectivity index (χ1n) is 8.97. The average molecular weight is 342 g/mol. The summed E-state index contributed by atoms with van der Waals surface area (Å²) in [5.41, 5.74) is 2.50. The van der Waals surface area contributed by atoms with Crippen molar-refractivity contribution in [2.75, 3.05) is 21.1 Å². The third-order valence-electron chi connectivity index (χ3n) is 4.88. The molecular weight excluding hydrogens is 318 g/mol. The van der Waals surface area contributed by atoms with E-state index < -0.39 is 0 Å². The molecule has 26 heavy (non-hydrogen) atoms. The van der Waals surface area contributed by atoms with Crippen molar-refractivity contribution in [1.29, 1.82) is 0 Å². The van der Waals surface area contributed by atoms with Gasteiger partial charge in [0.15, 0.2) is 0 Å². The second-order valence-corrected chi connectivity index (χ2v) is 7.59. The Balaban J connectivity index is 1.70. The maximum atomic E-state index is 6.17.